The molecular formula is C48H36BO2. The normalized spacial score (nSPS) is 12.9. The standard InChI is InChI=1S/C48H36BO2/c1-47(2,50)48(3,4)51-49-39-26-25-36-43-33(39)22-14-24-35(43)45-40(28-15-7-5-8-16-28)38-27-37-31-20-12-11-19-30(31)32-21-13-23-34(42(32)37)44(38)41(46(36)45)29-17-9-6-10-18-29/h5-27,50H,1-4H3. The molecule has 0 bridgehead atoms. The van der Waals surface area contributed by atoms with Crippen molar-refractivity contribution in [2.75, 3.05) is 0 Å². The topological polar surface area (TPSA) is 29.5 Å². The molecule has 0 heterocycles. The number of fused-ring (bicyclic) bond motifs is 8. The van der Waals surface area contributed by atoms with Gasteiger partial charge in [-0.15, -0.1) is 0 Å². The summed E-state index contributed by atoms with van der Waals surface area (Å²) in [5, 5.41) is 28.6. The van der Waals surface area contributed by atoms with Gasteiger partial charge in [-0.2, -0.15) is 0 Å². The van der Waals surface area contributed by atoms with E-state index < -0.39 is 11.2 Å². The molecule has 0 aromatic heterocycles. The molecule has 10 rings (SSSR count). The number of benzene rings is 8. The molecule has 0 spiro atoms. The Hall–Kier alpha value is -5.48. The van der Waals surface area contributed by atoms with Gasteiger partial charge in [-0.25, -0.2) is 0 Å². The van der Waals surface area contributed by atoms with Gasteiger partial charge in [-0.1, -0.05) is 133 Å². The quantitative estimate of drug-likeness (QED) is 0.143. The highest BCUT2D eigenvalue weighted by atomic mass is 16.5. The molecule has 0 fully saturated rings. The summed E-state index contributed by atoms with van der Waals surface area (Å²) in [7, 11) is 1.83. The second-order valence-corrected chi connectivity index (χ2v) is 15.1. The maximum Gasteiger partial charge on any atom is 0.331 e. The van der Waals surface area contributed by atoms with Gasteiger partial charge in [-0.05, 0) is 137 Å². The Morgan fingerprint density at radius 2 is 0.902 bits per heavy atom. The average molecular weight is 656 g/mol. The van der Waals surface area contributed by atoms with Crippen molar-refractivity contribution >= 4 is 88.4 Å². The van der Waals surface area contributed by atoms with Crippen LogP contribution in [0.15, 0.2) is 140 Å². The molecule has 51 heavy (non-hydrogen) atoms. The smallest absolute Gasteiger partial charge is 0.331 e. The van der Waals surface area contributed by atoms with Crippen LogP contribution >= 0.6 is 0 Å². The molecule has 0 unspecified atom stereocenters. The molecule has 2 nitrogen and oxygen atoms in total. The lowest BCUT2D eigenvalue weighted by atomic mass is 9.80. The summed E-state index contributed by atoms with van der Waals surface area (Å²) in [6.45, 7) is 7.45. The van der Waals surface area contributed by atoms with Crippen LogP contribution in [0.1, 0.15) is 27.7 Å². The molecule has 10 aromatic carbocycles. The maximum absolute atomic E-state index is 10.8. The first-order chi connectivity index (χ1) is 24.7. The van der Waals surface area contributed by atoms with Crippen LogP contribution in [0.3, 0.4) is 0 Å². The highest BCUT2D eigenvalue weighted by Gasteiger charge is 2.36. The van der Waals surface area contributed by atoms with E-state index in [1.807, 2.05) is 21.3 Å². The fraction of sp³-hybridized carbons (Fsp3) is 0.125. The zero-order valence-electron chi connectivity index (χ0n) is 29.2. The van der Waals surface area contributed by atoms with Gasteiger partial charge in [0.05, 0.1) is 11.2 Å². The zero-order chi connectivity index (χ0) is 34.6. The Bertz CT molecular complexity index is 2960. The molecule has 0 aliphatic carbocycles. The van der Waals surface area contributed by atoms with E-state index in [1.165, 1.54) is 92.3 Å². The summed E-state index contributed by atoms with van der Waals surface area (Å²) in [4.78, 5) is 0. The molecule has 0 atom stereocenters. The summed E-state index contributed by atoms with van der Waals surface area (Å²) in [5.41, 5.74) is 4.15. The molecule has 1 N–H and O–H groups in total. The minimum atomic E-state index is -1.02. The third-order valence-corrected chi connectivity index (χ3v) is 11.6. The van der Waals surface area contributed by atoms with Crippen molar-refractivity contribution in [1.29, 1.82) is 0 Å². The van der Waals surface area contributed by atoms with E-state index in [-0.39, 0.29) is 0 Å². The zero-order valence-corrected chi connectivity index (χ0v) is 29.2. The number of rotatable bonds is 6. The lowest BCUT2D eigenvalue weighted by Gasteiger charge is -2.37. The van der Waals surface area contributed by atoms with Gasteiger partial charge in [0.15, 0.2) is 0 Å². The van der Waals surface area contributed by atoms with Crippen molar-refractivity contribution in [3.63, 3.8) is 0 Å². The van der Waals surface area contributed by atoms with E-state index in [1.54, 1.807) is 13.8 Å². The van der Waals surface area contributed by atoms with Crippen molar-refractivity contribution in [3.8, 4) is 22.3 Å². The van der Waals surface area contributed by atoms with Gasteiger partial charge in [0.25, 0.3) is 0 Å². The van der Waals surface area contributed by atoms with Crippen LogP contribution in [0.2, 0.25) is 0 Å². The molecular weight excluding hydrogens is 619 g/mol. The number of hydrogen-bond donors (Lipinski definition) is 1. The maximum atomic E-state index is 10.8. The van der Waals surface area contributed by atoms with E-state index in [0.29, 0.717) is 0 Å². The fourth-order valence-electron chi connectivity index (χ4n) is 8.49. The fourth-order valence-corrected chi connectivity index (χ4v) is 8.49. The van der Waals surface area contributed by atoms with Crippen molar-refractivity contribution in [2.45, 2.75) is 38.9 Å². The molecule has 0 aliphatic rings. The predicted molar refractivity (Wildman–Crippen MR) is 219 cm³/mol. The van der Waals surface area contributed by atoms with Gasteiger partial charge in [0.1, 0.15) is 0 Å². The third kappa shape index (κ3) is 4.26. The molecule has 0 aliphatic heterocycles. The largest absolute Gasteiger partial charge is 0.427 e. The summed E-state index contributed by atoms with van der Waals surface area (Å²) in [6, 6.07) is 51.3. The second-order valence-electron chi connectivity index (χ2n) is 15.1. The number of hydrogen-bond acceptors (Lipinski definition) is 2. The SMILES string of the molecule is CC(C)(O)C(C)(C)O[B]c1ccc2c3c(-c4ccccc4)c4c(cc5c6ccccc6c6cccc4c65)c(-c4ccccc4)c3c3cccc1c32. The van der Waals surface area contributed by atoms with Crippen LogP contribution in [0.4, 0.5) is 0 Å². The Kier molecular flexibility index (Phi) is 6.41. The van der Waals surface area contributed by atoms with E-state index in [9.17, 15) is 5.11 Å². The van der Waals surface area contributed by atoms with Gasteiger partial charge < -0.3 is 9.76 Å². The number of aliphatic hydroxyl groups is 1. The summed E-state index contributed by atoms with van der Waals surface area (Å²) in [5.74, 6) is 0. The summed E-state index contributed by atoms with van der Waals surface area (Å²) >= 11 is 0. The van der Waals surface area contributed by atoms with Gasteiger partial charge >= 0.3 is 7.48 Å². The Morgan fingerprint density at radius 1 is 0.412 bits per heavy atom. The third-order valence-electron chi connectivity index (χ3n) is 11.6. The molecule has 243 valence electrons. The van der Waals surface area contributed by atoms with E-state index in [4.69, 9.17) is 4.65 Å². The Labute approximate surface area is 297 Å². The Balaban J connectivity index is 1.44. The minimum Gasteiger partial charge on any atom is -0.427 e. The molecule has 3 heteroatoms. The van der Waals surface area contributed by atoms with E-state index in [2.05, 4.69) is 140 Å². The van der Waals surface area contributed by atoms with Crippen LogP contribution in [0, 0.1) is 0 Å². The monoisotopic (exact) mass is 655 g/mol. The molecule has 0 amide bonds. The van der Waals surface area contributed by atoms with Crippen LogP contribution in [-0.4, -0.2) is 23.8 Å². The van der Waals surface area contributed by atoms with Crippen molar-refractivity contribution < 1.29 is 9.76 Å². The second kappa shape index (κ2) is 10.8. The first-order valence-corrected chi connectivity index (χ1v) is 17.8. The highest BCUT2D eigenvalue weighted by Crippen LogP contribution is 2.54. The van der Waals surface area contributed by atoms with Crippen LogP contribution < -0.4 is 5.46 Å². The molecule has 0 saturated carbocycles. The highest BCUT2D eigenvalue weighted by molar-refractivity contribution is 6.54. The van der Waals surface area contributed by atoms with Crippen LogP contribution in [0.5, 0.6) is 0 Å². The summed E-state index contributed by atoms with van der Waals surface area (Å²) in [6.07, 6.45) is 0. The first-order valence-electron chi connectivity index (χ1n) is 17.8. The van der Waals surface area contributed by atoms with Crippen LogP contribution in [0.25, 0.3) is 97.7 Å². The van der Waals surface area contributed by atoms with Gasteiger partial charge in [0, 0.05) is 0 Å². The first kappa shape index (κ1) is 30.4. The molecule has 0 saturated heterocycles. The lowest BCUT2D eigenvalue weighted by Crippen LogP contribution is -2.49. The Morgan fingerprint density at radius 3 is 1.57 bits per heavy atom. The average Bonchev–Trinajstić information content (AvgIpc) is 3.65. The summed E-state index contributed by atoms with van der Waals surface area (Å²) < 4.78 is 6.35. The van der Waals surface area contributed by atoms with Crippen molar-refractivity contribution in [2.24, 2.45) is 0 Å². The minimum absolute atomic E-state index is 0.779. The molecule has 1 radical (unpaired) electrons. The lowest BCUT2D eigenvalue weighted by molar-refractivity contribution is -0.0893. The van der Waals surface area contributed by atoms with Crippen molar-refractivity contribution in [3.05, 3.63) is 140 Å². The van der Waals surface area contributed by atoms with E-state index >= 15 is 0 Å². The molecule has 10 aromatic rings. The van der Waals surface area contributed by atoms with Crippen LogP contribution in [-0.2, 0) is 4.65 Å². The van der Waals surface area contributed by atoms with Gasteiger partial charge in [0.2, 0.25) is 0 Å². The van der Waals surface area contributed by atoms with Gasteiger partial charge in [-0.3, -0.25) is 0 Å². The van der Waals surface area contributed by atoms with E-state index in [0.717, 1.165) is 10.8 Å². The predicted octanol–water partition coefficient (Wildman–Crippen LogP) is 11.8. The van der Waals surface area contributed by atoms with Crippen molar-refractivity contribution in [1.82, 2.24) is 0 Å².